The van der Waals surface area contributed by atoms with Gasteiger partial charge in [-0.2, -0.15) is 0 Å². The zero-order valence-corrected chi connectivity index (χ0v) is 20.3. The normalized spacial score (nSPS) is 20.4. The van der Waals surface area contributed by atoms with Crippen molar-refractivity contribution in [2.24, 2.45) is 22.6 Å². The van der Waals surface area contributed by atoms with Gasteiger partial charge in [-0.3, -0.25) is 4.99 Å². The molecule has 1 aliphatic rings. The molecule has 0 fully saturated rings. The Bertz CT molecular complexity index is 1030. The highest BCUT2D eigenvalue weighted by Gasteiger charge is 2.17. The van der Waals surface area contributed by atoms with Crippen molar-refractivity contribution in [1.29, 1.82) is 0 Å². The molecule has 1 aromatic carbocycles. The number of rotatable bonds is 11. The molecule has 0 heterocycles. The van der Waals surface area contributed by atoms with Crippen molar-refractivity contribution in [2.45, 2.75) is 33.1 Å². The average molecular weight is 448 g/mol. The third kappa shape index (κ3) is 7.85. The van der Waals surface area contributed by atoms with Crippen LogP contribution in [-0.4, -0.2) is 18.1 Å². The molecule has 2 rings (SSSR count). The van der Waals surface area contributed by atoms with Gasteiger partial charge in [0.05, 0.1) is 0 Å². The summed E-state index contributed by atoms with van der Waals surface area (Å²) >= 11 is 4.60. The van der Waals surface area contributed by atoms with E-state index in [-0.39, 0.29) is 0 Å². The highest BCUT2D eigenvalue weighted by molar-refractivity contribution is 7.97. The molecule has 0 aliphatic heterocycles. The number of nitrogens with one attached hydrogen (secondary N) is 1. The van der Waals surface area contributed by atoms with Crippen LogP contribution >= 0.6 is 12.6 Å². The predicted octanol–water partition coefficient (Wildman–Crippen LogP) is 4.43. The number of thiol groups is 1. The zero-order chi connectivity index (χ0) is 23.3. The number of hydrogen-bond acceptors (Lipinski definition) is 3. The summed E-state index contributed by atoms with van der Waals surface area (Å²) in [5.41, 5.74) is 9.05. The molecule has 0 saturated heterocycles. The Morgan fingerprint density at radius 2 is 2.09 bits per heavy atom. The van der Waals surface area contributed by atoms with Gasteiger partial charge in [0, 0.05) is 24.0 Å². The van der Waals surface area contributed by atoms with Crippen LogP contribution < -0.4 is 21.5 Å². The quantitative estimate of drug-likeness (QED) is 0.155. The largest absolute Gasteiger partial charge is 0.388 e. The maximum Gasteiger partial charge on any atom is 0.102 e. The molecule has 0 bridgehead atoms. The van der Waals surface area contributed by atoms with Crippen LogP contribution in [-0.2, 0) is 6.42 Å². The summed E-state index contributed by atoms with van der Waals surface area (Å²) in [6, 6.07) is 6.24. The molecule has 0 radical (unpaired) electrons. The van der Waals surface area contributed by atoms with Crippen molar-refractivity contribution in [2.75, 3.05) is 13.1 Å². The summed E-state index contributed by atoms with van der Waals surface area (Å²) in [5.74, 6) is 1.13. The number of allylic oxidation sites excluding steroid dienone is 6. The summed E-state index contributed by atoms with van der Waals surface area (Å²) in [5, 5.41) is 6.40. The third-order valence-corrected chi connectivity index (χ3v) is 6.05. The number of benzene rings is 1. The van der Waals surface area contributed by atoms with Gasteiger partial charge in [0.2, 0.25) is 0 Å². The Labute approximate surface area is 199 Å². The van der Waals surface area contributed by atoms with E-state index in [1.807, 2.05) is 19.1 Å². The molecule has 1 aliphatic carbocycles. The minimum absolute atomic E-state index is 0.533. The van der Waals surface area contributed by atoms with Gasteiger partial charge in [-0.05, 0) is 67.5 Å². The fourth-order valence-corrected chi connectivity index (χ4v) is 4.19. The first-order valence-corrected chi connectivity index (χ1v) is 11.7. The first-order valence-electron chi connectivity index (χ1n) is 11.3. The predicted molar refractivity (Wildman–Crippen MR) is 145 cm³/mol. The van der Waals surface area contributed by atoms with E-state index in [1.54, 1.807) is 0 Å². The average Bonchev–Trinajstić information content (AvgIpc) is 3.24. The fourth-order valence-electron chi connectivity index (χ4n) is 3.87. The van der Waals surface area contributed by atoms with Crippen molar-refractivity contribution in [1.82, 2.24) is 5.32 Å². The Balaban J connectivity index is 2.14. The summed E-state index contributed by atoms with van der Waals surface area (Å²) in [4.78, 5) is 4.30. The van der Waals surface area contributed by atoms with E-state index in [2.05, 4.69) is 91.6 Å². The summed E-state index contributed by atoms with van der Waals surface area (Å²) < 4.78 is 0. The molecule has 0 saturated carbocycles. The molecule has 4 heteroatoms. The van der Waals surface area contributed by atoms with Crippen LogP contribution in [0.3, 0.4) is 0 Å². The third-order valence-electron chi connectivity index (χ3n) is 5.69. The number of nitrogens with zero attached hydrogens (tertiary/aromatic N) is 1. The van der Waals surface area contributed by atoms with E-state index in [9.17, 15) is 0 Å². The second kappa shape index (κ2) is 13.8. The van der Waals surface area contributed by atoms with E-state index in [4.69, 9.17) is 5.73 Å². The molecule has 170 valence electrons. The Morgan fingerprint density at radius 1 is 1.31 bits per heavy atom. The number of nitrogens with two attached hydrogens (primary N) is 1. The molecule has 0 spiro atoms. The monoisotopic (exact) mass is 447 g/mol. The van der Waals surface area contributed by atoms with Crippen molar-refractivity contribution in [3.8, 4) is 0 Å². The molecule has 2 unspecified atom stereocenters. The van der Waals surface area contributed by atoms with Crippen LogP contribution in [0.1, 0.15) is 32.3 Å². The molecule has 1 aromatic rings. The standard InChI is InChI=1S/C28H37N3S/c1-5-7-13-26-21(3)10-8-11-25(26)12-9-14-27(28(32)30-6-2)22(4)31-18-17-23-15-16-24(19-23)20-29/h5-11,13-16,23-24,31H,2-3,12,17-20,29H2,1,4H3,(H,30,32)/b7-5-,14-9+,26-13+,27-22?. The van der Waals surface area contributed by atoms with Crippen LogP contribution in [0.15, 0.2) is 83.7 Å². The van der Waals surface area contributed by atoms with Gasteiger partial charge in [-0.25, -0.2) is 0 Å². The van der Waals surface area contributed by atoms with Crippen LogP contribution in [0.4, 0.5) is 0 Å². The lowest BCUT2D eigenvalue weighted by molar-refractivity contribution is 0.492. The first-order chi connectivity index (χ1) is 15.5. The highest BCUT2D eigenvalue weighted by Crippen LogP contribution is 2.25. The van der Waals surface area contributed by atoms with Gasteiger partial charge < -0.3 is 11.1 Å². The minimum atomic E-state index is 0.533. The molecular weight excluding hydrogens is 410 g/mol. The SMILES string of the molecule is C=C/N=C(/S)C(/C=C/Cc1cccc(=C)/c1=C\C=C/C)=C(C)NCCC1C=CC(CN)C1. The van der Waals surface area contributed by atoms with E-state index in [0.717, 1.165) is 48.8 Å². The van der Waals surface area contributed by atoms with Gasteiger partial charge in [0.15, 0.2) is 0 Å². The number of aliphatic imine (C=N–C) groups is 1. The molecule has 2 atom stereocenters. The summed E-state index contributed by atoms with van der Waals surface area (Å²) in [7, 11) is 0. The second-order valence-corrected chi connectivity index (χ2v) is 8.48. The van der Waals surface area contributed by atoms with Gasteiger partial charge >= 0.3 is 0 Å². The first kappa shape index (κ1) is 25.7. The minimum Gasteiger partial charge on any atom is -0.388 e. The smallest absolute Gasteiger partial charge is 0.102 e. The highest BCUT2D eigenvalue weighted by atomic mass is 32.1. The van der Waals surface area contributed by atoms with Gasteiger partial charge in [0.1, 0.15) is 5.04 Å². The molecule has 3 nitrogen and oxygen atoms in total. The molecule has 32 heavy (non-hydrogen) atoms. The summed E-state index contributed by atoms with van der Waals surface area (Å²) in [6.45, 7) is 13.6. The lowest BCUT2D eigenvalue weighted by atomic mass is 10.0. The Hall–Kier alpha value is -2.56. The van der Waals surface area contributed by atoms with Crippen molar-refractivity contribution >= 4 is 30.3 Å². The molecule has 0 aromatic heterocycles. The van der Waals surface area contributed by atoms with Crippen LogP contribution in [0.25, 0.3) is 12.7 Å². The van der Waals surface area contributed by atoms with Gasteiger partial charge in [-0.15, -0.1) is 12.6 Å². The van der Waals surface area contributed by atoms with Crippen molar-refractivity contribution in [3.63, 3.8) is 0 Å². The van der Waals surface area contributed by atoms with Gasteiger partial charge in [0.25, 0.3) is 0 Å². The van der Waals surface area contributed by atoms with Gasteiger partial charge in [-0.1, -0.05) is 73.9 Å². The van der Waals surface area contributed by atoms with E-state index in [0.29, 0.717) is 16.9 Å². The Morgan fingerprint density at radius 3 is 2.78 bits per heavy atom. The van der Waals surface area contributed by atoms with Crippen molar-refractivity contribution in [3.05, 3.63) is 94.7 Å². The lowest BCUT2D eigenvalue weighted by Gasteiger charge is -2.14. The lowest BCUT2D eigenvalue weighted by Crippen LogP contribution is -2.26. The van der Waals surface area contributed by atoms with E-state index >= 15 is 0 Å². The zero-order valence-electron chi connectivity index (χ0n) is 19.4. The second-order valence-electron chi connectivity index (χ2n) is 8.05. The maximum atomic E-state index is 5.78. The molecule has 3 N–H and O–H groups in total. The van der Waals surface area contributed by atoms with Crippen LogP contribution in [0.5, 0.6) is 0 Å². The Kier molecular flexibility index (Phi) is 11.1. The number of hydrogen-bond donors (Lipinski definition) is 3. The maximum absolute atomic E-state index is 5.78. The van der Waals surface area contributed by atoms with Crippen LogP contribution in [0, 0.1) is 11.8 Å². The van der Waals surface area contributed by atoms with Crippen LogP contribution in [0.2, 0.25) is 0 Å². The van der Waals surface area contributed by atoms with Crippen molar-refractivity contribution < 1.29 is 0 Å². The molecule has 0 amide bonds. The van der Waals surface area contributed by atoms with E-state index in [1.165, 1.54) is 17.0 Å². The molecular formula is C28H37N3S. The van der Waals surface area contributed by atoms with E-state index < -0.39 is 0 Å². The summed E-state index contributed by atoms with van der Waals surface area (Å²) in [6.07, 6.45) is 19.6. The fraction of sp³-hybridized carbons (Fsp3) is 0.321. The topological polar surface area (TPSA) is 50.4 Å².